The molecule has 0 fully saturated rings. The van der Waals surface area contributed by atoms with Crippen LogP contribution in [-0.2, 0) is 12.1 Å². The quantitative estimate of drug-likeness (QED) is 0.706. The van der Waals surface area contributed by atoms with Crippen LogP contribution in [0, 0.1) is 0 Å². The summed E-state index contributed by atoms with van der Waals surface area (Å²) in [5.41, 5.74) is 7.01. The molecule has 21 heavy (non-hydrogen) atoms. The van der Waals surface area contributed by atoms with Crippen LogP contribution in [0.15, 0.2) is 59.0 Å². The van der Waals surface area contributed by atoms with Gasteiger partial charge < -0.3 is 9.52 Å². The molecule has 0 bridgehead atoms. The van der Waals surface area contributed by atoms with Crippen molar-refractivity contribution in [3.63, 3.8) is 0 Å². The van der Waals surface area contributed by atoms with Crippen LogP contribution in [0.3, 0.4) is 0 Å². The second kappa shape index (κ2) is 5.68. The topological polar surface area (TPSA) is 72.3 Å². The zero-order valence-corrected chi connectivity index (χ0v) is 11.7. The van der Waals surface area contributed by atoms with Crippen molar-refractivity contribution in [2.45, 2.75) is 25.0 Å². The lowest BCUT2D eigenvalue weighted by Crippen LogP contribution is -2.36. The van der Waals surface area contributed by atoms with E-state index in [4.69, 9.17) is 10.2 Å². The first-order valence-electron chi connectivity index (χ1n) is 7.06. The van der Waals surface area contributed by atoms with Gasteiger partial charge in [0.15, 0.2) is 11.3 Å². The Hall–Kier alpha value is -2.17. The van der Waals surface area contributed by atoms with E-state index in [1.54, 1.807) is 0 Å². The lowest BCUT2D eigenvalue weighted by atomic mass is 10.0. The highest BCUT2D eigenvalue weighted by Crippen LogP contribution is 2.25. The van der Waals surface area contributed by atoms with E-state index in [0.717, 1.165) is 12.8 Å². The van der Waals surface area contributed by atoms with Crippen molar-refractivity contribution in [1.82, 2.24) is 4.98 Å². The monoisotopic (exact) mass is 282 g/mol. The molecule has 3 N–H and O–H groups in total. The standard InChI is InChI=1S/C17H18N2O2/c18-17(20,12-6-9-13-7-2-1-3-8-13)16-19-14-10-4-5-11-15(14)21-16/h1-5,7-8,10-11,20H,6,9,12,18H2/t17-/m0/s1. The van der Waals surface area contributed by atoms with Gasteiger partial charge in [0.25, 0.3) is 0 Å². The Morgan fingerprint density at radius 3 is 2.52 bits per heavy atom. The van der Waals surface area contributed by atoms with E-state index in [0.29, 0.717) is 17.5 Å². The maximum Gasteiger partial charge on any atom is 0.242 e. The number of rotatable bonds is 5. The SMILES string of the molecule is N[C@](O)(CCCc1ccccc1)c1nc2ccccc2o1. The first-order valence-corrected chi connectivity index (χ1v) is 7.06. The largest absolute Gasteiger partial charge is 0.436 e. The third-order valence-corrected chi connectivity index (χ3v) is 3.53. The average Bonchev–Trinajstić information content (AvgIpc) is 2.93. The Kier molecular flexibility index (Phi) is 3.73. The van der Waals surface area contributed by atoms with Gasteiger partial charge in [0.2, 0.25) is 5.89 Å². The molecule has 108 valence electrons. The van der Waals surface area contributed by atoms with Crippen LogP contribution in [0.2, 0.25) is 0 Å². The average molecular weight is 282 g/mol. The van der Waals surface area contributed by atoms with Crippen LogP contribution < -0.4 is 5.73 Å². The predicted molar refractivity (Wildman–Crippen MR) is 81.5 cm³/mol. The highest BCUT2D eigenvalue weighted by molar-refractivity contribution is 5.72. The molecule has 0 aliphatic rings. The summed E-state index contributed by atoms with van der Waals surface area (Å²) in [5.74, 6) is 0.178. The van der Waals surface area contributed by atoms with E-state index in [-0.39, 0.29) is 5.89 Å². The minimum Gasteiger partial charge on any atom is -0.436 e. The third-order valence-electron chi connectivity index (χ3n) is 3.53. The van der Waals surface area contributed by atoms with Gasteiger partial charge in [-0.1, -0.05) is 42.5 Å². The molecule has 1 atom stereocenters. The Balaban J connectivity index is 1.68. The van der Waals surface area contributed by atoms with E-state index in [9.17, 15) is 5.11 Å². The molecule has 2 aromatic carbocycles. The van der Waals surface area contributed by atoms with Gasteiger partial charge in [0.1, 0.15) is 5.52 Å². The molecule has 4 nitrogen and oxygen atoms in total. The normalized spacial score (nSPS) is 14.2. The minimum absolute atomic E-state index is 0.178. The molecular formula is C17H18N2O2. The summed E-state index contributed by atoms with van der Waals surface area (Å²) in [6, 6.07) is 17.5. The van der Waals surface area contributed by atoms with Crippen molar-refractivity contribution >= 4 is 11.1 Å². The van der Waals surface area contributed by atoms with Crippen LogP contribution >= 0.6 is 0 Å². The number of oxazole rings is 1. The van der Waals surface area contributed by atoms with Crippen LogP contribution in [-0.4, -0.2) is 10.1 Å². The third kappa shape index (κ3) is 3.12. The molecule has 0 saturated heterocycles. The van der Waals surface area contributed by atoms with E-state index < -0.39 is 5.72 Å². The number of hydrogen-bond donors (Lipinski definition) is 2. The van der Waals surface area contributed by atoms with Gasteiger partial charge in [0.05, 0.1) is 0 Å². The molecule has 4 heteroatoms. The number of nitrogens with zero attached hydrogens (tertiary/aromatic N) is 1. The minimum atomic E-state index is -1.53. The molecule has 0 aliphatic carbocycles. The molecular weight excluding hydrogens is 264 g/mol. The van der Waals surface area contributed by atoms with Gasteiger partial charge in [-0.05, 0) is 37.0 Å². The van der Waals surface area contributed by atoms with Gasteiger partial charge in [-0.2, -0.15) is 0 Å². The Morgan fingerprint density at radius 1 is 1.05 bits per heavy atom. The number of aryl methyl sites for hydroxylation is 1. The summed E-state index contributed by atoms with van der Waals surface area (Å²) in [6.07, 6.45) is 2.02. The maximum atomic E-state index is 10.4. The van der Waals surface area contributed by atoms with Crippen molar-refractivity contribution in [2.24, 2.45) is 5.73 Å². The summed E-state index contributed by atoms with van der Waals surface area (Å²) < 4.78 is 5.55. The summed E-state index contributed by atoms with van der Waals surface area (Å²) in [6.45, 7) is 0. The van der Waals surface area contributed by atoms with Crippen molar-refractivity contribution in [2.75, 3.05) is 0 Å². The fraction of sp³-hybridized carbons (Fsp3) is 0.235. The molecule has 1 heterocycles. The highest BCUT2D eigenvalue weighted by atomic mass is 16.4. The van der Waals surface area contributed by atoms with E-state index >= 15 is 0 Å². The molecule has 3 aromatic rings. The van der Waals surface area contributed by atoms with Gasteiger partial charge in [-0.15, -0.1) is 0 Å². The van der Waals surface area contributed by atoms with Gasteiger partial charge in [0, 0.05) is 0 Å². The van der Waals surface area contributed by atoms with E-state index in [1.807, 2.05) is 42.5 Å². The lowest BCUT2D eigenvalue weighted by Gasteiger charge is -2.18. The van der Waals surface area contributed by atoms with Gasteiger partial charge in [-0.25, -0.2) is 4.98 Å². The number of aliphatic hydroxyl groups is 1. The van der Waals surface area contributed by atoms with Crippen LogP contribution in [0.5, 0.6) is 0 Å². The molecule has 0 amide bonds. The number of hydrogen-bond acceptors (Lipinski definition) is 4. The second-order valence-electron chi connectivity index (χ2n) is 5.25. The van der Waals surface area contributed by atoms with Crippen LogP contribution in [0.4, 0.5) is 0 Å². The van der Waals surface area contributed by atoms with E-state index in [2.05, 4.69) is 17.1 Å². The van der Waals surface area contributed by atoms with Crippen molar-refractivity contribution in [3.8, 4) is 0 Å². The number of aromatic nitrogens is 1. The summed E-state index contributed by atoms with van der Waals surface area (Å²) >= 11 is 0. The first kappa shape index (κ1) is 13.8. The molecule has 0 spiro atoms. The van der Waals surface area contributed by atoms with Crippen molar-refractivity contribution in [1.29, 1.82) is 0 Å². The van der Waals surface area contributed by atoms with Crippen molar-refractivity contribution < 1.29 is 9.52 Å². The number of benzene rings is 2. The fourth-order valence-corrected chi connectivity index (χ4v) is 2.37. The summed E-state index contributed by atoms with van der Waals surface area (Å²) in [5, 5.41) is 10.4. The fourth-order valence-electron chi connectivity index (χ4n) is 2.37. The molecule has 0 aliphatic heterocycles. The maximum absolute atomic E-state index is 10.4. The molecule has 1 aromatic heterocycles. The van der Waals surface area contributed by atoms with E-state index in [1.165, 1.54) is 5.56 Å². The number of fused-ring (bicyclic) bond motifs is 1. The van der Waals surface area contributed by atoms with Crippen LogP contribution in [0.1, 0.15) is 24.3 Å². The zero-order chi connectivity index (χ0) is 14.7. The summed E-state index contributed by atoms with van der Waals surface area (Å²) in [4.78, 5) is 4.27. The Morgan fingerprint density at radius 2 is 1.76 bits per heavy atom. The van der Waals surface area contributed by atoms with Crippen LogP contribution in [0.25, 0.3) is 11.1 Å². The number of nitrogens with two attached hydrogens (primary N) is 1. The smallest absolute Gasteiger partial charge is 0.242 e. The first-order chi connectivity index (χ1) is 10.1. The molecule has 0 unspecified atom stereocenters. The highest BCUT2D eigenvalue weighted by Gasteiger charge is 2.29. The van der Waals surface area contributed by atoms with Crippen molar-refractivity contribution in [3.05, 3.63) is 66.1 Å². The lowest BCUT2D eigenvalue weighted by molar-refractivity contribution is 0.00677. The zero-order valence-electron chi connectivity index (χ0n) is 11.7. The van der Waals surface area contributed by atoms with Gasteiger partial charge >= 0.3 is 0 Å². The van der Waals surface area contributed by atoms with Gasteiger partial charge in [-0.3, -0.25) is 5.73 Å². The molecule has 0 saturated carbocycles. The summed E-state index contributed by atoms with van der Waals surface area (Å²) in [7, 11) is 0. The molecule has 0 radical (unpaired) electrons. The second-order valence-corrected chi connectivity index (χ2v) is 5.25. The molecule has 3 rings (SSSR count). The predicted octanol–water partition coefficient (Wildman–Crippen LogP) is 2.95. The Bertz CT molecular complexity index is 687. The number of para-hydroxylation sites is 2. The Labute approximate surface area is 123 Å².